The smallest absolute Gasteiger partial charge is 0.271 e. The standard InChI is InChI=1S/C12H13N5O2/c1-17(2)12(19)8-5-3-7(4-6-8)9-10(11(13)18)15-16-14-9/h3-6H,1-2H3,(H2,13,18)(H,14,15,16). The summed E-state index contributed by atoms with van der Waals surface area (Å²) in [5, 5.41) is 9.93. The molecular weight excluding hydrogens is 246 g/mol. The van der Waals surface area contributed by atoms with Crippen LogP contribution in [0.4, 0.5) is 0 Å². The number of rotatable bonds is 3. The molecule has 7 heteroatoms. The minimum atomic E-state index is -0.655. The Hall–Kier alpha value is -2.70. The highest BCUT2D eigenvalue weighted by molar-refractivity contribution is 5.97. The number of benzene rings is 1. The molecule has 0 fully saturated rings. The van der Waals surface area contributed by atoms with Crippen LogP contribution in [0, 0.1) is 0 Å². The molecule has 1 aromatic heterocycles. The van der Waals surface area contributed by atoms with Gasteiger partial charge in [-0.25, -0.2) is 0 Å². The molecule has 0 radical (unpaired) electrons. The molecule has 0 saturated carbocycles. The third-order valence-corrected chi connectivity index (χ3v) is 2.59. The number of nitrogens with one attached hydrogen (secondary N) is 1. The average Bonchev–Trinajstić information content (AvgIpc) is 2.87. The number of carbonyl (C=O) groups is 2. The summed E-state index contributed by atoms with van der Waals surface area (Å²) in [7, 11) is 3.36. The van der Waals surface area contributed by atoms with Gasteiger partial charge in [-0.2, -0.15) is 15.4 Å². The first kappa shape index (κ1) is 12.7. The number of hydrogen-bond donors (Lipinski definition) is 2. The van der Waals surface area contributed by atoms with Crippen molar-refractivity contribution >= 4 is 11.8 Å². The highest BCUT2D eigenvalue weighted by Crippen LogP contribution is 2.20. The van der Waals surface area contributed by atoms with Gasteiger partial charge < -0.3 is 10.6 Å². The van der Waals surface area contributed by atoms with Gasteiger partial charge in [-0.15, -0.1) is 0 Å². The maximum Gasteiger partial charge on any atom is 0.271 e. The molecule has 0 bridgehead atoms. The maximum absolute atomic E-state index is 11.7. The van der Waals surface area contributed by atoms with Gasteiger partial charge in [0.15, 0.2) is 5.69 Å². The summed E-state index contributed by atoms with van der Waals surface area (Å²) >= 11 is 0. The van der Waals surface area contributed by atoms with E-state index in [-0.39, 0.29) is 11.6 Å². The van der Waals surface area contributed by atoms with Crippen molar-refractivity contribution < 1.29 is 9.59 Å². The van der Waals surface area contributed by atoms with Gasteiger partial charge in [-0.1, -0.05) is 12.1 Å². The van der Waals surface area contributed by atoms with Gasteiger partial charge in [-0.3, -0.25) is 9.59 Å². The number of primary amides is 1. The molecule has 1 aromatic carbocycles. The Morgan fingerprint density at radius 1 is 1.16 bits per heavy atom. The molecule has 0 aliphatic heterocycles. The van der Waals surface area contributed by atoms with Crippen molar-refractivity contribution in [3.05, 3.63) is 35.5 Å². The second-order valence-electron chi connectivity index (χ2n) is 4.16. The number of carbonyl (C=O) groups excluding carboxylic acids is 2. The third kappa shape index (κ3) is 2.44. The SMILES string of the molecule is CN(C)C(=O)c1ccc(-c2n[nH]nc2C(N)=O)cc1. The van der Waals surface area contributed by atoms with Crippen LogP contribution in [-0.4, -0.2) is 46.2 Å². The fourth-order valence-electron chi connectivity index (χ4n) is 1.63. The summed E-state index contributed by atoms with van der Waals surface area (Å²) in [5.41, 5.74) is 6.86. The lowest BCUT2D eigenvalue weighted by Crippen LogP contribution is -2.21. The van der Waals surface area contributed by atoms with E-state index >= 15 is 0 Å². The molecule has 98 valence electrons. The van der Waals surface area contributed by atoms with Crippen LogP contribution in [0.5, 0.6) is 0 Å². The average molecular weight is 259 g/mol. The Labute approximate surface area is 109 Å². The lowest BCUT2D eigenvalue weighted by Gasteiger charge is -2.10. The molecule has 3 N–H and O–H groups in total. The minimum absolute atomic E-state index is 0.0756. The van der Waals surface area contributed by atoms with Crippen LogP contribution in [0.15, 0.2) is 24.3 Å². The number of nitrogens with zero attached hydrogens (tertiary/aromatic N) is 3. The highest BCUT2D eigenvalue weighted by atomic mass is 16.2. The van der Waals surface area contributed by atoms with Gasteiger partial charge in [-0.05, 0) is 12.1 Å². The zero-order chi connectivity index (χ0) is 14.0. The van der Waals surface area contributed by atoms with Gasteiger partial charge in [0.05, 0.1) is 0 Å². The van der Waals surface area contributed by atoms with E-state index < -0.39 is 5.91 Å². The second kappa shape index (κ2) is 4.89. The van der Waals surface area contributed by atoms with Crippen molar-refractivity contribution in [2.75, 3.05) is 14.1 Å². The van der Waals surface area contributed by atoms with Crippen LogP contribution in [0.25, 0.3) is 11.3 Å². The van der Waals surface area contributed by atoms with Crippen molar-refractivity contribution in [2.24, 2.45) is 5.73 Å². The van der Waals surface area contributed by atoms with Gasteiger partial charge in [0.25, 0.3) is 11.8 Å². The van der Waals surface area contributed by atoms with Gasteiger partial charge in [0.1, 0.15) is 5.69 Å². The summed E-state index contributed by atoms with van der Waals surface area (Å²) in [5.74, 6) is -0.751. The van der Waals surface area contributed by atoms with E-state index in [1.54, 1.807) is 38.4 Å². The van der Waals surface area contributed by atoms with Crippen molar-refractivity contribution in [3.63, 3.8) is 0 Å². The molecule has 0 aliphatic carbocycles. The summed E-state index contributed by atoms with van der Waals surface area (Å²) in [6.07, 6.45) is 0. The Morgan fingerprint density at radius 2 is 1.79 bits per heavy atom. The fourth-order valence-corrected chi connectivity index (χ4v) is 1.63. The van der Waals surface area contributed by atoms with Crippen molar-refractivity contribution in [2.45, 2.75) is 0 Å². The van der Waals surface area contributed by atoms with Crippen LogP contribution in [0.1, 0.15) is 20.8 Å². The molecule has 2 rings (SSSR count). The van der Waals surface area contributed by atoms with E-state index in [2.05, 4.69) is 15.4 Å². The number of hydrogen-bond acceptors (Lipinski definition) is 4. The van der Waals surface area contributed by atoms with Gasteiger partial charge in [0, 0.05) is 25.2 Å². The number of aromatic nitrogens is 3. The Balaban J connectivity index is 2.35. The molecule has 1 heterocycles. The fraction of sp³-hybridized carbons (Fsp3) is 0.167. The molecular formula is C12H13N5O2. The predicted octanol–water partition coefficient (Wildman–Crippen LogP) is 0.272. The van der Waals surface area contributed by atoms with Crippen molar-refractivity contribution in [3.8, 4) is 11.3 Å². The Morgan fingerprint density at radius 3 is 2.32 bits per heavy atom. The number of H-pyrrole nitrogens is 1. The zero-order valence-electron chi connectivity index (χ0n) is 10.5. The molecule has 2 aromatic rings. The number of nitrogens with two attached hydrogens (primary N) is 1. The monoisotopic (exact) mass is 259 g/mol. The molecule has 0 atom stereocenters. The summed E-state index contributed by atoms with van der Waals surface area (Å²) in [6, 6.07) is 6.72. The zero-order valence-corrected chi connectivity index (χ0v) is 10.5. The molecule has 0 saturated heterocycles. The largest absolute Gasteiger partial charge is 0.364 e. The summed E-state index contributed by atoms with van der Waals surface area (Å²) in [4.78, 5) is 24.4. The lowest BCUT2D eigenvalue weighted by molar-refractivity contribution is 0.0827. The van der Waals surface area contributed by atoms with E-state index in [1.807, 2.05) is 0 Å². The lowest BCUT2D eigenvalue weighted by atomic mass is 10.1. The number of aromatic amines is 1. The van der Waals surface area contributed by atoms with Crippen molar-refractivity contribution in [1.82, 2.24) is 20.3 Å². The van der Waals surface area contributed by atoms with Crippen molar-refractivity contribution in [1.29, 1.82) is 0 Å². The van der Waals surface area contributed by atoms with Crippen LogP contribution in [0.2, 0.25) is 0 Å². The first-order valence-corrected chi connectivity index (χ1v) is 5.53. The molecule has 19 heavy (non-hydrogen) atoms. The highest BCUT2D eigenvalue weighted by Gasteiger charge is 2.15. The first-order chi connectivity index (χ1) is 9.00. The third-order valence-electron chi connectivity index (χ3n) is 2.59. The maximum atomic E-state index is 11.7. The van der Waals surface area contributed by atoms with Crippen LogP contribution in [-0.2, 0) is 0 Å². The molecule has 7 nitrogen and oxygen atoms in total. The van der Waals surface area contributed by atoms with E-state index in [0.29, 0.717) is 16.8 Å². The summed E-state index contributed by atoms with van der Waals surface area (Å²) in [6.45, 7) is 0. The Kier molecular flexibility index (Phi) is 3.28. The number of amides is 2. The quantitative estimate of drug-likeness (QED) is 0.825. The van der Waals surface area contributed by atoms with E-state index in [9.17, 15) is 9.59 Å². The molecule has 0 aliphatic rings. The van der Waals surface area contributed by atoms with Crippen LogP contribution >= 0.6 is 0 Å². The van der Waals surface area contributed by atoms with Crippen LogP contribution in [0.3, 0.4) is 0 Å². The topological polar surface area (TPSA) is 105 Å². The van der Waals surface area contributed by atoms with E-state index in [0.717, 1.165) is 0 Å². The summed E-state index contributed by atoms with van der Waals surface area (Å²) < 4.78 is 0. The molecule has 2 amide bonds. The predicted molar refractivity (Wildman–Crippen MR) is 68.4 cm³/mol. The van der Waals surface area contributed by atoms with E-state index in [4.69, 9.17) is 5.73 Å². The Bertz CT molecular complexity index is 615. The van der Waals surface area contributed by atoms with Gasteiger partial charge in [0.2, 0.25) is 0 Å². The van der Waals surface area contributed by atoms with Gasteiger partial charge >= 0.3 is 0 Å². The van der Waals surface area contributed by atoms with Crippen LogP contribution < -0.4 is 5.73 Å². The van der Waals surface area contributed by atoms with E-state index in [1.165, 1.54) is 4.90 Å². The molecule has 0 spiro atoms. The molecule has 0 unspecified atom stereocenters. The second-order valence-corrected chi connectivity index (χ2v) is 4.16. The first-order valence-electron chi connectivity index (χ1n) is 5.53. The normalized spacial score (nSPS) is 10.2. The minimum Gasteiger partial charge on any atom is -0.364 e.